The molecule has 0 N–H and O–H groups in total. The molecule has 0 aromatic heterocycles. The highest BCUT2D eigenvalue weighted by Crippen LogP contribution is 2.00. The van der Waals surface area contributed by atoms with Crippen molar-refractivity contribution in [3.63, 3.8) is 0 Å². The van der Waals surface area contributed by atoms with Gasteiger partial charge in [-0.05, 0) is 6.42 Å². The molecule has 8 heavy (non-hydrogen) atoms. The SMILES string of the molecule is C#CCCCCCC.[HH]. The quantitative estimate of drug-likeness (QED) is 0.387. The Morgan fingerprint density at radius 3 is 2.62 bits per heavy atom. The van der Waals surface area contributed by atoms with Gasteiger partial charge in [-0.1, -0.05) is 26.2 Å². The van der Waals surface area contributed by atoms with Crippen molar-refractivity contribution in [1.29, 1.82) is 0 Å². The first kappa shape index (κ1) is 7.56. The summed E-state index contributed by atoms with van der Waals surface area (Å²) < 4.78 is 0. The van der Waals surface area contributed by atoms with Crippen LogP contribution in [0.1, 0.15) is 40.5 Å². The van der Waals surface area contributed by atoms with E-state index in [4.69, 9.17) is 6.42 Å². The van der Waals surface area contributed by atoms with Crippen molar-refractivity contribution in [3.05, 3.63) is 0 Å². The molecule has 48 valence electrons. The molecule has 0 unspecified atom stereocenters. The smallest absolute Gasteiger partial charge is 0.00860 e. The Bertz CT molecular complexity index is 71.1. The Labute approximate surface area is 53.8 Å². The van der Waals surface area contributed by atoms with Gasteiger partial charge in [0, 0.05) is 7.85 Å². The molecule has 0 aliphatic heterocycles. The first-order chi connectivity index (χ1) is 3.91. The van der Waals surface area contributed by atoms with Gasteiger partial charge in [-0.3, -0.25) is 0 Å². The second-order valence-electron chi connectivity index (χ2n) is 2.01. The number of hydrogen-bond donors (Lipinski definition) is 0. The lowest BCUT2D eigenvalue weighted by molar-refractivity contribution is 0.680. The van der Waals surface area contributed by atoms with E-state index in [2.05, 4.69) is 12.8 Å². The minimum Gasteiger partial charge on any atom is -0.120 e. The summed E-state index contributed by atoms with van der Waals surface area (Å²) in [5.74, 6) is 2.63. The molecule has 0 rings (SSSR count). The molecule has 0 aromatic carbocycles. The van der Waals surface area contributed by atoms with E-state index >= 15 is 0 Å². The monoisotopic (exact) mass is 112 g/mol. The van der Waals surface area contributed by atoms with Crippen molar-refractivity contribution in [2.75, 3.05) is 0 Å². The van der Waals surface area contributed by atoms with Crippen LogP contribution in [-0.2, 0) is 0 Å². The summed E-state index contributed by atoms with van der Waals surface area (Å²) in [4.78, 5) is 0. The minimum atomic E-state index is 0. The lowest BCUT2D eigenvalue weighted by atomic mass is 10.2. The molecule has 0 amide bonds. The average molecular weight is 112 g/mol. The van der Waals surface area contributed by atoms with E-state index in [1.807, 2.05) is 0 Å². The largest absolute Gasteiger partial charge is 0.120 e. The molecule has 0 heteroatoms. The molecule has 0 aliphatic carbocycles. The van der Waals surface area contributed by atoms with Crippen LogP contribution < -0.4 is 0 Å². The minimum absolute atomic E-state index is 0. The maximum absolute atomic E-state index is 5.06. The van der Waals surface area contributed by atoms with E-state index in [1.54, 1.807) is 0 Å². The van der Waals surface area contributed by atoms with Gasteiger partial charge in [0.1, 0.15) is 0 Å². The van der Waals surface area contributed by atoms with E-state index in [0.717, 1.165) is 6.42 Å². The number of hydrogen-bond acceptors (Lipinski definition) is 0. The van der Waals surface area contributed by atoms with Crippen LogP contribution in [-0.4, -0.2) is 0 Å². The summed E-state index contributed by atoms with van der Waals surface area (Å²) in [6.45, 7) is 2.20. The van der Waals surface area contributed by atoms with Gasteiger partial charge in [0.2, 0.25) is 0 Å². The molecule has 0 fully saturated rings. The van der Waals surface area contributed by atoms with Crippen molar-refractivity contribution in [3.8, 4) is 12.3 Å². The molecule has 0 bridgehead atoms. The second kappa shape index (κ2) is 6.56. The summed E-state index contributed by atoms with van der Waals surface area (Å²) in [6, 6.07) is 0. The highest BCUT2D eigenvalue weighted by molar-refractivity contribution is 4.82. The molecule has 0 spiro atoms. The molecule has 0 radical (unpaired) electrons. The maximum Gasteiger partial charge on any atom is 0.00860 e. The maximum atomic E-state index is 5.06. The van der Waals surface area contributed by atoms with Crippen molar-refractivity contribution in [2.24, 2.45) is 0 Å². The van der Waals surface area contributed by atoms with Gasteiger partial charge >= 0.3 is 0 Å². The van der Waals surface area contributed by atoms with E-state index in [9.17, 15) is 0 Å². The molecular weight excluding hydrogens is 96.1 g/mol. The van der Waals surface area contributed by atoms with Gasteiger partial charge in [-0.15, -0.1) is 12.3 Å². The Morgan fingerprint density at radius 1 is 1.38 bits per heavy atom. The van der Waals surface area contributed by atoms with E-state index in [1.165, 1.54) is 25.7 Å². The van der Waals surface area contributed by atoms with Crippen LogP contribution in [0, 0.1) is 12.3 Å². The number of rotatable bonds is 4. The Morgan fingerprint density at radius 2 is 2.12 bits per heavy atom. The third kappa shape index (κ3) is 5.56. The van der Waals surface area contributed by atoms with Crippen molar-refractivity contribution in [1.82, 2.24) is 0 Å². The molecular formula is C8H16. The number of terminal acetylenes is 1. The highest BCUT2D eigenvalue weighted by Gasteiger charge is 1.81. The van der Waals surface area contributed by atoms with Gasteiger partial charge in [0.25, 0.3) is 0 Å². The van der Waals surface area contributed by atoms with Crippen molar-refractivity contribution in [2.45, 2.75) is 39.0 Å². The standard InChI is InChI=1S/C8H14.H2/c1-3-5-7-8-6-4-2;/h1H,4-8H2,2H3;1H. The zero-order chi connectivity index (χ0) is 6.24. The van der Waals surface area contributed by atoms with Crippen LogP contribution in [0.25, 0.3) is 0 Å². The fourth-order valence-electron chi connectivity index (χ4n) is 0.654. The summed E-state index contributed by atoms with van der Waals surface area (Å²) >= 11 is 0. The third-order valence-electron chi connectivity index (χ3n) is 1.17. The molecule has 0 atom stereocenters. The fourth-order valence-corrected chi connectivity index (χ4v) is 0.654. The van der Waals surface area contributed by atoms with Gasteiger partial charge < -0.3 is 0 Å². The molecule has 0 saturated carbocycles. The summed E-state index contributed by atoms with van der Waals surface area (Å²) in [5, 5.41) is 0. The van der Waals surface area contributed by atoms with Crippen LogP contribution in [0.3, 0.4) is 0 Å². The third-order valence-corrected chi connectivity index (χ3v) is 1.17. The molecule has 0 aromatic rings. The first-order valence-electron chi connectivity index (χ1n) is 3.35. The van der Waals surface area contributed by atoms with Crippen LogP contribution in [0.5, 0.6) is 0 Å². The predicted octanol–water partition coefficient (Wildman–Crippen LogP) is 2.84. The van der Waals surface area contributed by atoms with E-state index < -0.39 is 0 Å². The second-order valence-corrected chi connectivity index (χ2v) is 2.01. The molecule has 0 aliphatic rings. The zero-order valence-corrected chi connectivity index (χ0v) is 5.61. The van der Waals surface area contributed by atoms with E-state index in [-0.39, 0.29) is 1.43 Å². The predicted molar refractivity (Wildman–Crippen MR) is 39.7 cm³/mol. The number of unbranched alkanes of at least 4 members (excludes halogenated alkanes) is 4. The van der Waals surface area contributed by atoms with Crippen molar-refractivity contribution >= 4 is 0 Å². The summed E-state index contributed by atoms with van der Waals surface area (Å²) in [5.41, 5.74) is 0. The molecule has 0 nitrogen and oxygen atoms in total. The van der Waals surface area contributed by atoms with Crippen LogP contribution >= 0.6 is 0 Å². The van der Waals surface area contributed by atoms with Crippen LogP contribution in [0.15, 0.2) is 0 Å². The normalized spacial score (nSPS) is 8.50. The molecule has 0 heterocycles. The Kier molecular flexibility index (Phi) is 6.20. The highest BCUT2D eigenvalue weighted by atomic mass is 13.9. The van der Waals surface area contributed by atoms with Gasteiger partial charge in [-0.2, -0.15) is 0 Å². The topological polar surface area (TPSA) is 0 Å². The van der Waals surface area contributed by atoms with Crippen LogP contribution in [0.4, 0.5) is 0 Å². The fraction of sp³-hybridized carbons (Fsp3) is 0.750. The zero-order valence-electron chi connectivity index (χ0n) is 5.61. The van der Waals surface area contributed by atoms with Crippen molar-refractivity contribution < 1.29 is 1.43 Å². The lowest BCUT2D eigenvalue weighted by Crippen LogP contribution is -1.72. The van der Waals surface area contributed by atoms with Crippen LogP contribution in [0.2, 0.25) is 0 Å². The van der Waals surface area contributed by atoms with E-state index in [0.29, 0.717) is 0 Å². The Hall–Kier alpha value is -0.440. The molecule has 0 saturated heterocycles. The van der Waals surface area contributed by atoms with Gasteiger partial charge in [0.05, 0.1) is 0 Å². The average Bonchev–Trinajstić information content (AvgIpc) is 1.81. The summed E-state index contributed by atoms with van der Waals surface area (Å²) in [6.07, 6.45) is 11.2. The Balaban J connectivity index is 0. The van der Waals surface area contributed by atoms with Gasteiger partial charge in [-0.25, -0.2) is 0 Å². The first-order valence-corrected chi connectivity index (χ1v) is 3.35. The lowest BCUT2D eigenvalue weighted by Gasteiger charge is -1.90. The summed E-state index contributed by atoms with van der Waals surface area (Å²) in [7, 11) is 0. The van der Waals surface area contributed by atoms with Gasteiger partial charge in [0.15, 0.2) is 0 Å².